The number of morpholine rings is 1. The van der Waals surface area contributed by atoms with Crippen LogP contribution in [0, 0.1) is 10.1 Å². The molecule has 4 rings (SSSR count). The van der Waals surface area contributed by atoms with E-state index in [9.17, 15) is 14.9 Å². The van der Waals surface area contributed by atoms with Crippen molar-refractivity contribution in [3.63, 3.8) is 0 Å². The third-order valence-corrected chi connectivity index (χ3v) is 6.45. The number of ether oxygens (including phenoxy) is 1. The number of anilines is 3. The number of nitro benzene ring substituents is 1. The molecule has 0 bridgehead atoms. The lowest BCUT2D eigenvalue weighted by atomic mass is 10.1. The largest absolute Gasteiger partial charge is 0.378 e. The van der Waals surface area contributed by atoms with E-state index < -0.39 is 10.8 Å². The molecule has 2 heterocycles. The molecule has 0 aromatic heterocycles. The van der Waals surface area contributed by atoms with Gasteiger partial charge in [-0.05, 0) is 36.9 Å². The average Bonchev–Trinajstić information content (AvgIpc) is 2.84. The zero-order valence-electron chi connectivity index (χ0n) is 18.6. The van der Waals surface area contributed by atoms with Crippen LogP contribution in [0.1, 0.15) is 17.3 Å². The predicted molar refractivity (Wildman–Crippen MR) is 130 cm³/mol. The van der Waals surface area contributed by atoms with Crippen LogP contribution >= 0.6 is 11.6 Å². The third-order valence-electron chi connectivity index (χ3n) is 6.15. The Kier molecular flexibility index (Phi) is 7.32. The van der Waals surface area contributed by atoms with Gasteiger partial charge in [0.05, 0.1) is 28.8 Å². The highest BCUT2D eigenvalue weighted by molar-refractivity contribution is 6.33. The number of amides is 1. The molecule has 0 radical (unpaired) electrons. The number of likely N-dealkylation sites (N-methyl/N-ethyl adjacent to an activating group) is 1. The number of nitrogens with one attached hydrogen (secondary N) is 1. The van der Waals surface area contributed by atoms with Crippen LogP contribution in [0.2, 0.25) is 5.02 Å². The maximum Gasteiger partial charge on any atom is 0.293 e. The number of carbonyl (C=O) groups excluding carboxylic acids is 1. The number of hydrogen-bond donors (Lipinski definition) is 1. The van der Waals surface area contributed by atoms with E-state index in [2.05, 4.69) is 22.0 Å². The first-order valence-corrected chi connectivity index (χ1v) is 11.5. The molecule has 10 heteroatoms. The summed E-state index contributed by atoms with van der Waals surface area (Å²) in [5.41, 5.74) is 2.10. The van der Waals surface area contributed by atoms with E-state index in [0.29, 0.717) is 42.7 Å². The molecule has 0 aliphatic carbocycles. The van der Waals surface area contributed by atoms with Crippen molar-refractivity contribution >= 4 is 40.3 Å². The van der Waals surface area contributed by atoms with Crippen LogP contribution in [0.4, 0.5) is 22.7 Å². The lowest BCUT2D eigenvalue weighted by molar-refractivity contribution is -0.384. The molecule has 1 amide bonds. The van der Waals surface area contributed by atoms with Gasteiger partial charge in [0.1, 0.15) is 5.69 Å². The van der Waals surface area contributed by atoms with E-state index >= 15 is 0 Å². The summed E-state index contributed by atoms with van der Waals surface area (Å²) < 4.78 is 5.32. The minimum absolute atomic E-state index is 0.0934. The first-order valence-electron chi connectivity index (χ1n) is 11.2. The molecular weight excluding hydrogens is 446 g/mol. The van der Waals surface area contributed by atoms with Crippen molar-refractivity contribution in [2.75, 3.05) is 74.1 Å². The van der Waals surface area contributed by atoms with E-state index in [1.54, 1.807) is 18.2 Å². The molecule has 2 aromatic carbocycles. The Bertz CT molecular complexity index is 1020. The Morgan fingerprint density at radius 1 is 1.03 bits per heavy atom. The van der Waals surface area contributed by atoms with Gasteiger partial charge in [0.15, 0.2) is 0 Å². The SMILES string of the molecule is CCN1CCN(c2ccc(NC(=O)c3ccc(N4CCOCC4)c([N+](=O)[O-])c3)cc2Cl)CC1. The molecule has 1 N–H and O–H groups in total. The number of nitrogens with zero attached hydrogens (tertiary/aromatic N) is 4. The Labute approximate surface area is 198 Å². The van der Waals surface area contributed by atoms with Crippen molar-refractivity contribution in [2.45, 2.75) is 6.92 Å². The van der Waals surface area contributed by atoms with Crippen LogP contribution in [0.15, 0.2) is 36.4 Å². The molecular formula is C23H28ClN5O4. The first-order chi connectivity index (χ1) is 16.0. The number of nitro groups is 1. The molecule has 9 nitrogen and oxygen atoms in total. The lowest BCUT2D eigenvalue weighted by Crippen LogP contribution is -2.46. The molecule has 0 saturated carbocycles. The molecule has 0 atom stereocenters. The summed E-state index contributed by atoms with van der Waals surface area (Å²) >= 11 is 6.52. The summed E-state index contributed by atoms with van der Waals surface area (Å²) in [6.07, 6.45) is 0. The smallest absolute Gasteiger partial charge is 0.293 e. The van der Waals surface area contributed by atoms with Crippen molar-refractivity contribution in [2.24, 2.45) is 0 Å². The van der Waals surface area contributed by atoms with Crippen LogP contribution in [-0.2, 0) is 4.74 Å². The number of carbonyl (C=O) groups is 1. The number of halogens is 1. The second-order valence-corrected chi connectivity index (χ2v) is 8.51. The molecule has 2 aliphatic rings. The highest BCUT2D eigenvalue weighted by Crippen LogP contribution is 2.32. The number of benzene rings is 2. The third kappa shape index (κ3) is 5.38. The van der Waals surface area contributed by atoms with Gasteiger partial charge in [0.25, 0.3) is 11.6 Å². The number of rotatable bonds is 6. The topological polar surface area (TPSA) is 91.2 Å². The lowest BCUT2D eigenvalue weighted by Gasteiger charge is -2.36. The monoisotopic (exact) mass is 473 g/mol. The number of hydrogen-bond acceptors (Lipinski definition) is 7. The molecule has 2 fully saturated rings. The zero-order chi connectivity index (χ0) is 23.4. The second kappa shape index (κ2) is 10.4. The maximum atomic E-state index is 12.8. The van der Waals surface area contributed by atoms with Crippen molar-refractivity contribution in [1.29, 1.82) is 0 Å². The van der Waals surface area contributed by atoms with Crippen LogP contribution in [-0.4, -0.2) is 74.8 Å². The van der Waals surface area contributed by atoms with Crippen molar-refractivity contribution in [1.82, 2.24) is 4.90 Å². The zero-order valence-corrected chi connectivity index (χ0v) is 19.4. The van der Waals surface area contributed by atoms with Crippen molar-refractivity contribution in [3.8, 4) is 0 Å². The van der Waals surface area contributed by atoms with Crippen LogP contribution in [0.3, 0.4) is 0 Å². The highest BCUT2D eigenvalue weighted by Gasteiger charge is 2.24. The average molecular weight is 474 g/mol. The highest BCUT2D eigenvalue weighted by atomic mass is 35.5. The Hall–Kier alpha value is -2.88. The summed E-state index contributed by atoms with van der Waals surface area (Å²) in [4.78, 5) is 30.6. The van der Waals surface area contributed by atoms with Crippen LogP contribution in [0.25, 0.3) is 0 Å². The van der Waals surface area contributed by atoms with Crippen molar-refractivity contribution in [3.05, 3.63) is 57.1 Å². The summed E-state index contributed by atoms with van der Waals surface area (Å²) in [6, 6.07) is 9.99. The van der Waals surface area contributed by atoms with Crippen LogP contribution < -0.4 is 15.1 Å². The predicted octanol–water partition coefficient (Wildman–Crippen LogP) is 3.48. The van der Waals surface area contributed by atoms with Gasteiger partial charge < -0.3 is 24.8 Å². The summed E-state index contributed by atoms with van der Waals surface area (Å²) in [5.74, 6) is -0.424. The standard InChI is InChI=1S/C23H28ClN5O4/c1-2-26-7-9-27(10-8-26)20-6-4-18(16-19(20)24)25-23(30)17-3-5-21(22(15-17)29(31)32)28-11-13-33-14-12-28/h3-6,15-16H,2,7-14H2,1H3,(H,25,30). The second-order valence-electron chi connectivity index (χ2n) is 8.10. The summed E-state index contributed by atoms with van der Waals surface area (Å²) in [7, 11) is 0. The summed E-state index contributed by atoms with van der Waals surface area (Å²) in [6.45, 7) is 9.17. The Balaban J connectivity index is 1.47. The van der Waals surface area contributed by atoms with Gasteiger partial charge >= 0.3 is 0 Å². The van der Waals surface area contributed by atoms with Gasteiger partial charge in [-0.15, -0.1) is 0 Å². The van der Waals surface area contributed by atoms with E-state index in [4.69, 9.17) is 16.3 Å². The van der Waals surface area contributed by atoms with Gasteiger partial charge in [0, 0.05) is 56.6 Å². The fourth-order valence-corrected chi connectivity index (χ4v) is 4.53. The molecule has 176 valence electrons. The fourth-order valence-electron chi connectivity index (χ4n) is 4.23. The molecule has 2 aromatic rings. The fraction of sp³-hybridized carbons (Fsp3) is 0.435. The molecule has 0 unspecified atom stereocenters. The van der Waals surface area contributed by atoms with E-state index in [0.717, 1.165) is 38.4 Å². The maximum absolute atomic E-state index is 12.8. The molecule has 2 aliphatic heterocycles. The van der Waals surface area contributed by atoms with Crippen LogP contribution in [0.5, 0.6) is 0 Å². The Morgan fingerprint density at radius 3 is 2.33 bits per heavy atom. The van der Waals surface area contributed by atoms with Gasteiger partial charge in [0.2, 0.25) is 0 Å². The quantitative estimate of drug-likeness (QED) is 0.507. The minimum atomic E-state index is -0.453. The molecule has 2 saturated heterocycles. The van der Waals surface area contributed by atoms with E-state index in [1.807, 2.05) is 17.0 Å². The van der Waals surface area contributed by atoms with E-state index in [-0.39, 0.29) is 11.3 Å². The van der Waals surface area contributed by atoms with Crippen molar-refractivity contribution < 1.29 is 14.5 Å². The van der Waals surface area contributed by atoms with Gasteiger partial charge in [-0.1, -0.05) is 18.5 Å². The minimum Gasteiger partial charge on any atom is -0.378 e. The van der Waals surface area contributed by atoms with E-state index in [1.165, 1.54) is 6.07 Å². The van der Waals surface area contributed by atoms with Gasteiger partial charge in [-0.3, -0.25) is 14.9 Å². The summed E-state index contributed by atoms with van der Waals surface area (Å²) in [5, 5.41) is 15.0. The molecule has 33 heavy (non-hydrogen) atoms. The molecule has 0 spiro atoms. The first kappa shape index (κ1) is 23.3. The van der Waals surface area contributed by atoms with Gasteiger partial charge in [-0.2, -0.15) is 0 Å². The number of piperazine rings is 1. The Morgan fingerprint density at radius 2 is 1.70 bits per heavy atom. The normalized spacial score (nSPS) is 17.2. The van der Waals surface area contributed by atoms with Gasteiger partial charge in [-0.25, -0.2) is 0 Å².